The summed E-state index contributed by atoms with van der Waals surface area (Å²) < 4.78 is 13.0. The third kappa shape index (κ3) is 3.27. The predicted molar refractivity (Wildman–Crippen MR) is 94.5 cm³/mol. The zero-order chi connectivity index (χ0) is 17.2. The van der Waals surface area contributed by atoms with Gasteiger partial charge < -0.3 is 9.88 Å². The van der Waals surface area contributed by atoms with Gasteiger partial charge >= 0.3 is 0 Å². The van der Waals surface area contributed by atoms with Gasteiger partial charge in [0.25, 0.3) is 0 Å². The molecule has 0 saturated carbocycles. The fourth-order valence-corrected chi connectivity index (χ4v) is 3.53. The van der Waals surface area contributed by atoms with Gasteiger partial charge in [-0.25, -0.2) is 9.37 Å². The van der Waals surface area contributed by atoms with Crippen LogP contribution in [0.2, 0.25) is 0 Å². The number of carbonyl (C=O) groups excluding carboxylic acids is 1. The van der Waals surface area contributed by atoms with E-state index in [0.29, 0.717) is 12.8 Å². The Morgan fingerprint density at radius 3 is 2.80 bits per heavy atom. The van der Waals surface area contributed by atoms with Crippen LogP contribution in [0.3, 0.4) is 0 Å². The number of benzene rings is 2. The summed E-state index contributed by atoms with van der Waals surface area (Å²) in [5.41, 5.74) is 2.92. The second-order valence-corrected chi connectivity index (χ2v) is 6.51. The molecule has 1 aliphatic heterocycles. The second-order valence-electron chi connectivity index (χ2n) is 6.51. The molecule has 4 rings (SSSR count). The topological polar surface area (TPSA) is 49.0 Å². The van der Waals surface area contributed by atoms with Crippen molar-refractivity contribution < 1.29 is 9.18 Å². The zero-order valence-electron chi connectivity index (χ0n) is 13.9. The number of fused-ring (bicyclic) bond motifs is 1. The predicted octanol–water partition coefficient (Wildman–Crippen LogP) is 4.00. The third-order valence-electron chi connectivity index (χ3n) is 4.84. The van der Waals surface area contributed by atoms with Crippen molar-refractivity contribution >= 4 is 16.9 Å². The summed E-state index contributed by atoms with van der Waals surface area (Å²) in [5, 5.41) is 0. The van der Waals surface area contributed by atoms with Gasteiger partial charge in [-0.3, -0.25) is 4.79 Å². The van der Waals surface area contributed by atoms with Crippen LogP contribution in [0.5, 0.6) is 0 Å². The average molecular weight is 337 g/mol. The quantitative estimate of drug-likeness (QED) is 0.782. The minimum absolute atomic E-state index is 0.0214. The number of likely N-dealkylation sites (tertiary alicyclic amines) is 1. The molecule has 1 amide bonds. The van der Waals surface area contributed by atoms with Crippen LogP contribution in [0.1, 0.15) is 36.7 Å². The van der Waals surface area contributed by atoms with E-state index >= 15 is 0 Å². The Balaban J connectivity index is 1.46. The molecule has 1 aromatic heterocycles. The number of hydrogen-bond donors (Lipinski definition) is 1. The normalized spacial score (nSPS) is 17.3. The van der Waals surface area contributed by atoms with Crippen molar-refractivity contribution in [2.24, 2.45) is 0 Å². The first-order valence-electron chi connectivity index (χ1n) is 8.69. The largest absolute Gasteiger partial charge is 0.340 e. The maximum absolute atomic E-state index is 13.0. The number of nitrogens with zero attached hydrogens (tertiary/aromatic N) is 2. The summed E-state index contributed by atoms with van der Waals surface area (Å²) in [6, 6.07) is 14.3. The van der Waals surface area contributed by atoms with E-state index in [1.807, 2.05) is 29.2 Å². The Morgan fingerprint density at radius 1 is 1.20 bits per heavy atom. The van der Waals surface area contributed by atoms with E-state index in [4.69, 9.17) is 0 Å². The molecular weight excluding hydrogens is 317 g/mol. The molecular formula is C20H20FN3O. The number of rotatable bonds is 4. The van der Waals surface area contributed by atoms with Crippen LogP contribution in [0, 0.1) is 5.82 Å². The van der Waals surface area contributed by atoms with Gasteiger partial charge in [-0.1, -0.05) is 24.3 Å². The Labute approximate surface area is 145 Å². The van der Waals surface area contributed by atoms with Crippen LogP contribution in [-0.2, 0) is 11.2 Å². The molecule has 2 heterocycles. The van der Waals surface area contributed by atoms with E-state index in [0.717, 1.165) is 41.8 Å². The summed E-state index contributed by atoms with van der Waals surface area (Å²) in [6.07, 6.45) is 2.98. The number of aryl methyl sites for hydroxylation is 1. The molecule has 0 bridgehead atoms. The summed E-state index contributed by atoms with van der Waals surface area (Å²) >= 11 is 0. The van der Waals surface area contributed by atoms with Gasteiger partial charge in [0.15, 0.2) is 0 Å². The second kappa shape index (κ2) is 6.67. The van der Waals surface area contributed by atoms with Crippen LogP contribution in [0.25, 0.3) is 11.0 Å². The number of halogens is 1. The molecule has 1 saturated heterocycles. The van der Waals surface area contributed by atoms with Crippen LogP contribution in [0.4, 0.5) is 4.39 Å². The molecule has 128 valence electrons. The van der Waals surface area contributed by atoms with Gasteiger partial charge in [0.1, 0.15) is 11.6 Å². The van der Waals surface area contributed by atoms with E-state index in [1.54, 1.807) is 12.1 Å². The number of aromatic amines is 1. The van der Waals surface area contributed by atoms with E-state index < -0.39 is 0 Å². The number of nitrogens with one attached hydrogen (secondary N) is 1. The van der Waals surface area contributed by atoms with Gasteiger partial charge in [0.05, 0.1) is 17.1 Å². The maximum atomic E-state index is 13.0. The number of amides is 1. The van der Waals surface area contributed by atoms with E-state index in [-0.39, 0.29) is 17.8 Å². The van der Waals surface area contributed by atoms with Crippen molar-refractivity contribution in [1.82, 2.24) is 14.9 Å². The Morgan fingerprint density at radius 2 is 2.00 bits per heavy atom. The molecule has 1 N–H and O–H groups in total. The molecule has 0 spiro atoms. The zero-order valence-corrected chi connectivity index (χ0v) is 13.9. The number of carbonyl (C=O) groups is 1. The molecule has 1 atom stereocenters. The highest BCUT2D eigenvalue weighted by molar-refractivity contribution is 5.78. The highest BCUT2D eigenvalue weighted by Crippen LogP contribution is 2.32. The summed E-state index contributed by atoms with van der Waals surface area (Å²) in [5.74, 6) is 0.751. The lowest BCUT2D eigenvalue weighted by molar-refractivity contribution is -0.132. The maximum Gasteiger partial charge on any atom is 0.223 e. The Hall–Kier alpha value is -2.69. The third-order valence-corrected chi connectivity index (χ3v) is 4.84. The first-order valence-corrected chi connectivity index (χ1v) is 8.69. The number of aromatic nitrogens is 2. The van der Waals surface area contributed by atoms with Crippen molar-refractivity contribution in [1.29, 1.82) is 0 Å². The van der Waals surface area contributed by atoms with Gasteiger partial charge in [0.2, 0.25) is 5.91 Å². The molecule has 1 aliphatic rings. The molecule has 4 nitrogen and oxygen atoms in total. The van der Waals surface area contributed by atoms with Crippen molar-refractivity contribution in [3.8, 4) is 0 Å². The SMILES string of the molecule is O=C(CCc1ccc(F)cc1)N1CCCC1c1nc2ccccc2[nH]1. The van der Waals surface area contributed by atoms with E-state index in [2.05, 4.69) is 9.97 Å². The summed E-state index contributed by atoms with van der Waals surface area (Å²) in [7, 11) is 0. The van der Waals surface area contributed by atoms with Gasteiger partial charge in [0, 0.05) is 13.0 Å². The first kappa shape index (κ1) is 15.8. The molecule has 3 aromatic rings. The fourth-order valence-electron chi connectivity index (χ4n) is 3.53. The smallest absolute Gasteiger partial charge is 0.223 e. The number of hydrogen-bond acceptors (Lipinski definition) is 2. The highest BCUT2D eigenvalue weighted by atomic mass is 19.1. The molecule has 0 radical (unpaired) electrons. The lowest BCUT2D eigenvalue weighted by atomic mass is 10.1. The average Bonchev–Trinajstić information content (AvgIpc) is 3.27. The van der Waals surface area contributed by atoms with Crippen LogP contribution >= 0.6 is 0 Å². The molecule has 2 aromatic carbocycles. The fraction of sp³-hybridized carbons (Fsp3) is 0.300. The molecule has 5 heteroatoms. The van der Waals surface area contributed by atoms with E-state index in [9.17, 15) is 9.18 Å². The van der Waals surface area contributed by atoms with Gasteiger partial charge in [-0.2, -0.15) is 0 Å². The van der Waals surface area contributed by atoms with Crippen molar-refractivity contribution in [3.63, 3.8) is 0 Å². The first-order chi connectivity index (χ1) is 12.2. The molecule has 1 unspecified atom stereocenters. The molecule has 1 fully saturated rings. The summed E-state index contributed by atoms with van der Waals surface area (Å²) in [4.78, 5) is 22.6. The van der Waals surface area contributed by atoms with Gasteiger partial charge in [-0.15, -0.1) is 0 Å². The number of H-pyrrole nitrogens is 1. The van der Waals surface area contributed by atoms with Gasteiger partial charge in [-0.05, 0) is 49.1 Å². The molecule has 25 heavy (non-hydrogen) atoms. The molecule has 0 aliphatic carbocycles. The lowest BCUT2D eigenvalue weighted by Gasteiger charge is -2.23. The van der Waals surface area contributed by atoms with Crippen molar-refractivity contribution in [2.45, 2.75) is 31.7 Å². The number of para-hydroxylation sites is 2. The standard InChI is InChI=1S/C20H20FN3O/c21-15-10-7-14(8-11-15)9-12-19(25)24-13-3-6-18(24)20-22-16-4-1-2-5-17(16)23-20/h1-2,4-5,7-8,10-11,18H,3,6,9,12-13H2,(H,22,23). The van der Waals surface area contributed by atoms with Crippen LogP contribution < -0.4 is 0 Å². The van der Waals surface area contributed by atoms with Crippen molar-refractivity contribution in [3.05, 3.63) is 65.7 Å². The van der Waals surface area contributed by atoms with E-state index in [1.165, 1.54) is 12.1 Å². The summed E-state index contributed by atoms with van der Waals surface area (Å²) in [6.45, 7) is 0.768. The minimum Gasteiger partial charge on any atom is -0.340 e. The highest BCUT2D eigenvalue weighted by Gasteiger charge is 2.31. The van der Waals surface area contributed by atoms with Crippen LogP contribution in [-0.4, -0.2) is 27.3 Å². The van der Waals surface area contributed by atoms with Crippen LogP contribution in [0.15, 0.2) is 48.5 Å². The Bertz CT molecular complexity index is 854. The Kier molecular flexibility index (Phi) is 4.22. The minimum atomic E-state index is -0.250. The number of imidazole rings is 1. The monoisotopic (exact) mass is 337 g/mol. The lowest BCUT2D eigenvalue weighted by Crippen LogP contribution is -2.31. The van der Waals surface area contributed by atoms with Crippen molar-refractivity contribution in [2.75, 3.05) is 6.54 Å².